The van der Waals surface area contributed by atoms with Crippen LogP contribution in [0.2, 0.25) is 0 Å². The molecular formula is C74H43N7. The topological polar surface area (TPSA) is 72.2 Å². The van der Waals surface area contributed by atoms with E-state index in [0.717, 1.165) is 149 Å². The molecule has 0 saturated heterocycles. The van der Waals surface area contributed by atoms with Crippen molar-refractivity contribution in [2.45, 2.75) is 0 Å². The van der Waals surface area contributed by atoms with Gasteiger partial charge in [-0.05, 0) is 114 Å². The molecule has 12 aromatic carbocycles. The second kappa shape index (κ2) is 17.1. The van der Waals surface area contributed by atoms with Crippen LogP contribution in [0.1, 0.15) is 11.1 Å². The molecule has 5 aromatic heterocycles. The second-order valence-electron chi connectivity index (χ2n) is 21.0. The van der Waals surface area contributed by atoms with Gasteiger partial charge in [0.1, 0.15) is 11.6 Å². The van der Waals surface area contributed by atoms with Crippen molar-refractivity contribution >= 4 is 109 Å². The number of hydrogen-bond acceptors (Lipinski definition) is 2. The van der Waals surface area contributed by atoms with Crippen molar-refractivity contribution in [3.05, 3.63) is 272 Å². The predicted octanol–water partition coefficient (Wildman–Crippen LogP) is 18.6. The van der Waals surface area contributed by atoms with Crippen LogP contribution >= 0.6 is 0 Å². The lowest BCUT2D eigenvalue weighted by Crippen LogP contribution is -2.05. The number of fused-ring (bicyclic) bond motifs is 18. The molecule has 0 N–H and O–H groups in total. The van der Waals surface area contributed by atoms with E-state index in [2.05, 4.69) is 278 Å². The molecule has 81 heavy (non-hydrogen) atoms. The van der Waals surface area contributed by atoms with Crippen LogP contribution in [0.5, 0.6) is 0 Å². The summed E-state index contributed by atoms with van der Waals surface area (Å²) in [4.78, 5) is 0. The quantitative estimate of drug-likeness (QED) is 0.166. The molecule has 0 radical (unpaired) electrons. The van der Waals surface area contributed by atoms with Crippen molar-refractivity contribution in [3.63, 3.8) is 0 Å². The number of aromatic nitrogens is 5. The van der Waals surface area contributed by atoms with E-state index in [1.807, 2.05) is 18.2 Å². The zero-order valence-corrected chi connectivity index (χ0v) is 43.5. The molecule has 0 atom stereocenters. The largest absolute Gasteiger partial charge is 0.309 e. The summed E-state index contributed by atoms with van der Waals surface area (Å²) in [7, 11) is 0. The van der Waals surface area contributed by atoms with Crippen molar-refractivity contribution in [1.82, 2.24) is 22.8 Å². The normalized spacial score (nSPS) is 11.9. The molecule has 0 aliphatic rings. The van der Waals surface area contributed by atoms with Gasteiger partial charge in [-0.2, -0.15) is 10.5 Å². The molecule has 0 saturated carbocycles. The highest BCUT2D eigenvalue weighted by atomic mass is 15.1. The van der Waals surface area contributed by atoms with Crippen molar-refractivity contribution in [2.24, 2.45) is 0 Å². The summed E-state index contributed by atoms with van der Waals surface area (Å²) in [6, 6.07) is 97.7. The fraction of sp³-hybridized carbons (Fsp3) is 0. The van der Waals surface area contributed by atoms with Gasteiger partial charge in [-0.3, -0.25) is 0 Å². The van der Waals surface area contributed by atoms with Crippen LogP contribution in [-0.2, 0) is 0 Å². The number of nitrogens with zero attached hydrogens (tertiary/aromatic N) is 7. The van der Waals surface area contributed by atoms with E-state index < -0.39 is 0 Å². The standard InChI is InChI=1S/C74H43N7/c75-44-46-21-20-22-47(39-46)48-40-65(80-61-35-16-11-30-53(61)58-42-67-57(43-68(58)80)52-29-10-15-34-60(52)77(67)49-23-4-1-5-24-49)59(45-76)66(41-48)81-64-38-19-14-33-56(64)71-73-69(54-31-12-17-36-62(54)78(73)50-25-6-2-7-26-50)72-70(74(71)81)55-32-13-18-37-63(55)79(72)51-27-8-3-9-28-51/h1-43H. The van der Waals surface area contributed by atoms with Crippen LogP contribution in [0.3, 0.4) is 0 Å². The van der Waals surface area contributed by atoms with Gasteiger partial charge < -0.3 is 22.8 Å². The summed E-state index contributed by atoms with van der Waals surface area (Å²) >= 11 is 0. The lowest BCUT2D eigenvalue weighted by atomic mass is 9.98. The van der Waals surface area contributed by atoms with E-state index in [1.165, 1.54) is 0 Å². The van der Waals surface area contributed by atoms with Crippen molar-refractivity contribution in [1.29, 1.82) is 10.5 Å². The highest BCUT2D eigenvalue weighted by Crippen LogP contribution is 2.51. The summed E-state index contributed by atoms with van der Waals surface area (Å²) in [6.07, 6.45) is 0. The molecular weight excluding hydrogens is 987 g/mol. The van der Waals surface area contributed by atoms with E-state index in [-0.39, 0.29) is 0 Å². The maximum Gasteiger partial charge on any atom is 0.104 e. The number of rotatable bonds is 6. The van der Waals surface area contributed by atoms with Crippen LogP contribution < -0.4 is 0 Å². The van der Waals surface area contributed by atoms with Crippen LogP contribution in [0, 0.1) is 22.7 Å². The minimum Gasteiger partial charge on any atom is -0.309 e. The molecule has 0 fully saturated rings. The second-order valence-corrected chi connectivity index (χ2v) is 21.0. The van der Waals surface area contributed by atoms with E-state index in [4.69, 9.17) is 0 Å². The zero-order valence-electron chi connectivity index (χ0n) is 43.5. The molecule has 0 aliphatic carbocycles. The first-order valence-electron chi connectivity index (χ1n) is 27.3. The Morgan fingerprint density at radius 3 is 1.09 bits per heavy atom. The monoisotopic (exact) mass is 1030 g/mol. The average Bonchev–Trinajstić information content (AvgIpc) is 2.99. The Morgan fingerprint density at radius 1 is 0.247 bits per heavy atom. The molecule has 0 aliphatic heterocycles. The summed E-state index contributed by atoms with van der Waals surface area (Å²) in [5, 5.41) is 33.8. The molecule has 0 spiro atoms. The van der Waals surface area contributed by atoms with Crippen molar-refractivity contribution < 1.29 is 0 Å². The summed E-state index contributed by atoms with van der Waals surface area (Å²) in [6.45, 7) is 0. The lowest BCUT2D eigenvalue weighted by molar-refractivity contribution is 1.12. The van der Waals surface area contributed by atoms with Gasteiger partial charge in [0.15, 0.2) is 0 Å². The molecule has 374 valence electrons. The van der Waals surface area contributed by atoms with Crippen LogP contribution in [-0.4, -0.2) is 22.8 Å². The molecule has 17 aromatic rings. The third-order valence-electron chi connectivity index (χ3n) is 16.9. The SMILES string of the molecule is N#Cc1cccc(-c2cc(-n3c4ccccc4c4cc5c(cc43)c3ccccc3n5-c3ccccc3)c(C#N)c(-n3c4ccccc4c4c5c(c6ccccc6n5-c5ccccc5)c5c(c6ccccc6n5-c5ccccc5)c43)c2)c1. The van der Waals surface area contributed by atoms with Gasteiger partial charge in [-0.15, -0.1) is 0 Å². The molecule has 17 rings (SSSR count). The van der Waals surface area contributed by atoms with Crippen LogP contribution in [0.15, 0.2) is 261 Å². The third kappa shape index (κ3) is 6.20. The fourth-order valence-corrected chi connectivity index (χ4v) is 13.6. The van der Waals surface area contributed by atoms with Gasteiger partial charge in [0.25, 0.3) is 0 Å². The van der Waals surface area contributed by atoms with E-state index in [9.17, 15) is 10.5 Å². The van der Waals surface area contributed by atoms with E-state index in [0.29, 0.717) is 11.1 Å². The van der Waals surface area contributed by atoms with Crippen LogP contribution in [0.25, 0.3) is 149 Å². The van der Waals surface area contributed by atoms with Gasteiger partial charge in [0.2, 0.25) is 0 Å². The molecule has 0 amide bonds. The van der Waals surface area contributed by atoms with Gasteiger partial charge in [-0.25, -0.2) is 0 Å². The predicted molar refractivity (Wildman–Crippen MR) is 333 cm³/mol. The Bertz CT molecular complexity index is 5530. The Hall–Kier alpha value is -11.4. The molecule has 7 nitrogen and oxygen atoms in total. The van der Waals surface area contributed by atoms with Crippen molar-refractivity contribution in [3.8, 4) is 51.7 Å². The third-order valence-corrected chi connectivity index (χ3v) is 16.9. The molecule has 5 heterocycles. The summed E-state index contributed by atoms with van der Waals surface area (Å²) in [5.74, 6) is 0. The van der Waals surface area contributed by atoms with Gasteiger partial charge in [0, 0.05) is 70.9 Å². The Balaban J connectivity index is 1.10. The Morgan fingerprint density at radius 2 is 0.617 bits per heavy atom. The minimum atomic E-state index is 0.510. The number of para-hydroxylation sites is 8. The highest BCUT2D eigenvalue weighted by molar-refractivity contribution is 6.40. The molecule has 0 bridgehead atoms. The minimum absolute atomic E-state index is 0.510. The van der Waals surface area contributed by atoms with Gasteiger partial charge in [0.05, 0.1) is 78.2 Å². The van der Waals surface area contributed by atoms with E-state index in [1.54, 1.807) is 0 Å². The summed E-state index contributed by atoms with van der Waals surface area (Å²) in [5.41, 5.74) is 17.9. The first kappa shape index (κ1) is 44.7. The first-order valence-corrected chi connectivity index (χ1v) is 27.3. The average molecular weight is 1030 g/mol. The first-order chi connectivity index (χ1) is 40.2. The maximum absolute atomic E-state index is 12.3. The van der Waals surface area contributed by atoms with Gasteiger partial charge >= 0.3 is 0 Å². The number of benzene rings is 12. The zero-order chi connectivity index (χ0) is 53.4. The maximum atomic E-state index is 12.3. The number of hydrogen-bond donors (Lipinski definition) is 0. The molecule has 7 heteroatoms. The Kier molecular flexibility index (Phi) is 9.42. The summed E-state index contributed by atoms with van der Waals surface area (Å²) < 4.78 is 12.0. The molecule has 0 unspecified atom stereocenters. The lowest BCUT2D eigenvalue weighted by Gasteiger charge is -2.19. The van der Waals surface area contributed by atoms with Crippen LogP contribution in [0.4, 0.5) is 0 Å². The van der Waals surface area contributed by atoms with E-state index >= 15 is 0 Å². The van der Waals surface area contributed by atoms with Gasteiger partial charge in [-0.1, -0.05) is 158 Å². The Labute approximate surface area is 463 Å². The van der Waals surface area contributed by atoms with Crippen molar-refractivity contribution in [2.75, 3.05) is 0 Å². The fourth-order valence-electron chi connectivity index (χ4n) is 13.6. The highest BCUT2D eigenvalue weighted by Gasteiger charge is 2.31. The number of nitriles is 2. The smallest absolute Gasteiger partial charge is 0.104 e.